The topological polar surface area (TPSA) is 98.1 Å². The van der Waals surface area contributed by atoms with Crippen LogP contribution in [-0.2, 0) is 15.2 Å². The SMILES string of the molecule is CCN(CC)CC#CCCC1(C2(O)c3ccccc3Sc3ccccc32)SCCCS1.O=C(O)C(=O)O. The van der Waals surface area contributed by atoms with Crippen LogP contribution < -0.4 is 0 Å². The normalized spacial score (nSPS) is 16.8. The van der Waals surface area contributed by atoms with E-state index < -0.39 is 17.5 Å². The number of hydrogen-bond donors (Lipinski definition) is 3. The fourth-order valence-electron chi connectivity index (χ4n) is 4.42. The Kier molecular flexibility index (Phi) is 10.9. The number of aliphatic carboxylic acids is 2. The third-order valence-electron chi connectivity index (χ3n) is 6.37. The van der Waals surface area contributed by atoms with E-state index in [-0.39, 0.29) is 4.08 Å². The fourth-order valence-corrected chi connectivity index (χ4v) is 9.21. The third-order valence-corrected chi connectivity index (χ3v) is 11.1. The van der Waals surface area contributed by atoms with Crippen LogP contribution in [0.3, 0.4) is 0 Å². The lowest BCUT2D eigenvalue weighted by molar-refractivity contribution is -0.159. The highest BCUT2D eigenvalue weighted by atomic mass is 32.2. The van der Waals surface area contributed by atoms with Crippen molar-refractivity contribution in [3.05, 3.63) is 59.7 Å². The second-order valence-electron chi connectivity index (χ2n) is 8.53. The second-order valence-corrected chi connectivity index (χ2v) is 12.7. The number of nitrogens with zero attached hydrogens (tertiary/aromatic N) is 1. The van der Waals surface area contributed by atoms with E-state index in [1.165, 1.54) is 16.2 Å². The Morgan fingerprint density at radius 2 is 1.41 bits per heavy atom. The Balaban J connectivity index is 0.000000568. The molecule has 0 atom stereocenters. The van der Waals surface area contributed by atoms with Crippen LogP contribution in [0.1, 0.15) is 44.2 Å². The standard InChI is InChI=1S/C26H31NOS3.C2H2O4/c1-3-27(4-2)18-11-5-10-17-25(29-19-12-20-30-25)26(28)21-13-6-8-15-23(21)31-24-16-9-7-14-22(24)26;3-1(4)2(5)6/h6-9,13-16,28H,3-4,10,12,17-20H2,1-2H3;(H,3,4)(H,5,6). The summed E-state index contributed by atoms with van der Waals surface area (Å²) in [6.45, 7) is 7.26. The number of thioether (sulfide) groups is 2. The molecule has 3 N–H and O–H groups in total. The van der Waals surface area contributed by atoms with Gasteiger partial charge in [0.2, 0.25) is 0 Å². The molecule has 2 aliphatic heterocycles. The van der Waals surface area contributed by atoms with E-state index in [1.807, 2.05) is 23.5 Å². The predicted octanol–water partition coefficient (Wildman–Crippen LogP) is 5.23. The van der Waals surface area contributed by atoms with Crippen LogP contribution in [0.5, 0.6) is 0 Å². The van der Waals surface area contributed by atoms with Gasteiger partial charge in [0.1, 0.15) is 5.60 Å². The number of carbonyl (C=O) groups is 2. The quantitative estimate of drug-likeness (QED) is 0.324. The number of benzene rings is 2. The molecule has 37 heavy (non-hydrogen) atoms. The van der Waals surface area contributed by atoms with Gasteiger partial charge < -0.3 is 15.3 Å². The monoisotopic (exact) mass is 559 g/mol. The van der Waals surface area contributed by atoms with Crippen LogP contribution in [0.15, 0.2) is 58.3 Å². The Morgan fingerprint density at radius 1 is 0.892 bits per heavy atom. The summed E-state index contributed by atoms with van der Waals surface area (Å²) >= 11 is 5.66. The molecule has 0 radical (unpaired) electrons. The maximum absolute atomic E-state index is 12.7. The van der Waals surface area contributed by atoms with Gasteiger partial charge in [0, 0.05) is 27.3 Å². The lowest BCUT2D eigenvalue weighted by Gasteiger charge is -2.51. The van der Waals surface area contributed by atoms with Crippen LogP contribution in [0.25, 0.3) is 0 Å². The van der Waals surface area contributed by atoms with Crippen LogP contribution in [-0.4, -0.2) is 67.4 Å². The zero-order chi connectivity index (χ0) is 26.9. The van der Waals surface area contributed by atoms with Gasteiger partial charge in [-0.25, -0.2) is 9.59 Å². The van der Waals surface area contributed by atoms with Crippen molar-refractivity contribution in [2.24, 2.45) is 0 Å². The number of rotatable bonds is 6. The first kappa shape index (κ1) is 29.5. The van der Waals surface area contributed by atoms with E-state index in [4.69, 9.17) is 19.8 Å². The Morgan fingerprint density at radius 3 is 1.89 bits per heavy atom. The van der Waals surface area contributed by atoms with Crippen molar-refractivity contribution in [1.29, 1.82) is 0 Å². The van der Waals surface area contributed by atoms with Gasteiger partial charge in [-0.05, 0) is 49.6 Å². The number of carboxylic acid groups (broad SMARTS) is 2. The van der Waals surface area contributed by atoms with Crippen LogP contribution in [0.4, 0.5) is 0 Å². The number of hydrogen-bond acceptors (Lipinski definition) is 7. The molecule has 2 aromatic carbocycles. The highest BCUT2D eigenvalue weighted by molar-refractivity contribution is 8.18. The molecule has 9 heteroatoms. The molecule has 198 valence electrons. The molecular formula is C28H33NO5S3. The first-order valence-corrected chi connectivity index (χ1v) is 15.1. The summed E-state index contributed by atoms with van der Waals surface area (Å²) in [7, 11) is 0. The second kappa shape index (κ2) is 13.6. The molecule has 2 aliphatic rings. The van der Waals surface area contributed by atoms with Gasteiger partial charge in [0.05, 0.1) is 10.6 Å². The van der Waals surface area contributed by atoms with Gasteiger partial charge in [-0.1, -0.05) is 67.9 Å². The van der Waals surface area contributed by atoms with E-state index in [9.17, 15) is 5.11 Å². The van der Waals surface area contributed by atoms with E-state index in [0.717, 1.165) is 55.1 Å². The minimum atomic E-state index is -1.82. The Bertz CT molecular complexity index is 1090. The van der Waals surface area contributed by atoms with E-state index in [0.29, 0.717) is 0 Å². The average molecular weight is 560 g/mol. The summed E-state index contributed by atoms with van der Waals surface area (Å²) in [4.78, 5) is 22.9. The van der Waals surface area contributed by atoms with Gasteiger partial charge in [0.25, 0.3) is 0 Å². The molecule has 2 heterocycles. The smallest absolute Gasteiger partial charge is 0.414 e. The molecule has 1 saturated heterocycles. The van der Waals surface area contributed by atoms with Gasteiger partial charge >= 0.3 is 11.9 Å². The Hall–Kier alpha value is -2.09. The summed E-state index contributed by atoms with van der Waals surface area (Å²) in [5, 5.41) is 27.4. The number of aliphatic hydroxyl groups is 1. The van der Waals surface area contributed by atoms with Gasteiger partial charge in [0.15, 0.2) is 0 Å². The van der Waals surface area contributed by atoms with Crippen molar-refractivity contribution in [2.45, 2.75) is 52.6 Å². The summed E-state index contributed by atoms with van der Waals surface area (Å²) in [5.41, 5.74) is 1.08. The molecule has 0 aromatic heterocycles. The number of fused-ring (bicyclic) bond motifs is 2. The molecular weight excluding hydrogens is 527 g/mol. The zero-order valence-electron chi connectivity index (χ0n) is 21.1. The highest BCUT2D eigenvalue weighted by Crippen LogP contribution is 2.63. The molecule has 0 amide bonds. The molecule has 0 aliphatic carbocycles. The maximum Gasteiger partial charge on any atom is 0.414 e. The van der Waals surface area contributed by atoms with Crippen LogP contribution in [0.2, 0.25) is 0 Å². The van der Waals surface area contributed by atoms with E-state index >= 15 is 0 Å². The van der Waals surface area contributed by atoms with Crippen molar-refractivity contribution in [2.75, 3.05) is 31.1 Å². The molecule has 0 unspecified atom stereocenters. The number of carboxylic acids is 2. The summed E-state index contributed by atoms with van der Waals surface area (Å²) in [6.07, 6.45) is 2.87. The first-order valence-electron chi connectivity index (χ1n) is 12.3. The zero-order valence-corrected chi connectivity index (χ0v) is 23.6. The molecule has 2 aromatic rings. The summed E-state index contributed by atoms with van der Waals surface area (Å²) < 4.78 is -0.331. The minimum Gasteiger partial charge on any atom is -0.473 e. The van der Waals surface area contributed by atoms with Crippen molar-refractivity contribution in [3.63, 3.8) is 0 Å². The van der Waals surface area contributed by atoms with Gasteiger partial charge in [-0.15, -0.1) is 29.4 Å². The van der Waals surface area contributed by atoms with Crippen molar-refractivity contribution >= 4 is 47.2 Å². The van der Waals surface area contributed by atoms with Crippen molar-refractivity contribution in [3.8, 4) is 11.8 Å². The first-order chi connectivity index (χ1) is 17.8. The lowest BCUT2D eigenvalue weighted by atomic mass is 9.80. The van der Waals surface area contributed by atoms with Crippen molar-refractivity contribution < 1.29 is 24.9 Å². The maximum atomic E-state index is 12.7. The highest BCUT2D eigenvalue weighted by Gasteiger charge is 2.56. The average Bonchev–Trinajstić information content (AvgIpc) is 2.91. The minimum absolute atomic E-state index is 0.331. The molecule has 6 nitrogen and oxygen atoms in total. The van der Waals surface area contributed by atoms with Crippen molar-refractivity contribution in [1.82, 2.24) is 4.90 Å². The summed E-state index contributed by atoms with van der Waals surface area (Å²) in [5.74, 6) is 5.31. The van der Waals surface area contributed by atoms with E-state index in [1.54, 1.807) is 11.8 Å². The molecule has 0 saturated carbocycles. The van der Waals surface area contributed by atoms with E-state index in [2.05, 4.69) is 79.1 Å². The van der Waals surface area contributed by atoms with Gasteiger partial charge in [-0.3, -0.25) is 4.90 Å². The third kappa shape index (κ3) is 6.68. The summed E-state index contributed by atoms with van der Waals surface area (Å²) in [6, 6.07) is 16.8. The largest absolute Gasteiger partial charge is 0.473 e. The fraction of sp³-hybridized carbons (Fsp3) is 0.429. The van der Waals surface area contributed by atoms with Crippen LogP contribution in [0, 0.1) is 11.8 Å². The lowest BCUT2D eigenvalue weighted by Crippen LogP contribution is -2.51. The molecule has 0 spiro atoms. The van der Waals surface area contributed by atoms with Crippen LogP contribution >= 0.6 is 35.3 Å². The van der Waals surface area contributed by atoms with Gasteiger partial charge in [-0.2, -0.15) is 0 Å². The molecule has 4 rings (SSSR count). The molecule has 0 bridgehead atoms. The Labute approximate surface area is 231 Å². The predicted molar refractivity (Wildman–Crippen MR) is 152 cm³/mol. The molecule has 1 fully saturated rings.